The summed E-state index contributed by atoms with van der Waals surface area (Å²) >= 11 is 9.30. The Morgan fingerprint density at radius 3 is 2.68 bits per heavy atom. The molecule has 2 N–H and O–H groups in total. The van der Waals surface area contributed by atoms with Crippen LogP contribution in [0.3, 0.4) is 0 Å². The molecular formula is C14H17ClN2S2. The number of thiazole rings is 1. The number of halogens is 1. The number of nitrogens with zero attached hydrogens (tertiary/aromatic N) is 1. The average molecular weight is 313 g/mol. The number of aromatic nitrogens is 1. The van der Waals surface area contributed by atoms with Crippen molar-refractivity contribution in [3.05, 3.63) is 39.3 Å². The fourth-order valence-corrected chi connectivity index (χ4v) is 3.55. The first-order valence-electron chi connectivity index (χ1n) is 5.99. The molecular weight excluding hydrogens is 296 g/mol. The second kappa shape index (κ2) is 5.73. The van der Waals surface area contributed by atoms with Crippen LogP contribution in [0, 0.1) is 0 Å². The summed E-state index contributed by atoms with van der Waals surface area (Å²) < 4.78 is 0. The predicted molar refractivity (Wildman–Crippen MR) is 86.2 cm³/mol. The predicted octanol–water partition coefficient (Wildman–Crippen LogP) is 4.97. The van der Waals surface area contributed by atoms with Crippen molar-refractivity contribution in [3.8, 4) is 0 Å². The Morgan fingerprint density at radius 2 is 2.11 bits per heavy atom. The molecule has 0 amide bonds. The molecule has 2 aromatic rings. The average Bonchev–Trinajstić information content (AvgIpc) is 2.76. The standard InChI is InChI=1S/C14H17ClN2S2/c1-14(2,3)13-17-10(8-19-13)7-18-12-5-4-9(15)6-11(12)16/h4-6,8H,7,16H2,1-3H3. The molecule has 0 spiro atoms. The molecule has 0 atom stereocenters. The molecule has 2 nitrogen and oxygen atoms in total. The van der Waals surface area contributed by atoms with Crippen molar-refractivity contribution in [2.24, 2.45) is 0 Å². The van der Waals surface area contributed by atoms with Crippen LogP contribution >= 0.6 is 34.7 Å². The zero-order chi connectivity index (χ0) is 14.0. The molecule has 5 heteroatoms. The molecule has 1 aromatic carbocycles. The van der Waals surface area contributed by atoms with Gasteiger partial charge in [-0.05, 0) is 18.2 Å². The maximum atomic E-state index is 5.94. The highest BCUT2D eigenvalue weighted by Gasteiger charge is 2.17. The van der Waals surface area contributed by atoms with Gasteiger partial charge in [0.05, 0.1) is 10.7 Å². The molecule has 0 unspecified atom stereocenters. The molecule has 0 fully saturated rings. The molecule has 0 bridgehead atoms. The van der Waals surface area contributed by atoms with E-state index in [0.717, 1.165) is 22.0 Å². The van der Waals surface area contributed by atoms with E-state index in [-0.39, 0.29) is 5.41 Å². The van der Waals surface area contributed by atoms with Gasteiger partial charge in [0.2, 0.25) is 0 Å². The van der Waals surface area contributed by atoms with Crippen LogP contribution in [0.2, 0.25) is 5.02 Å². The molecule has 1 heterocycles. The van der Waals surface area contributed by atoms with Crippen LogP contribution in [-0.2, 0) is 11.2 Å². The van der Waals surface area contributed by atoms with Gasteiger partial charge >= 0.3 is 0 Å². The van der Waals surface area contributed by atoms with Gasteiger partial charge in [0.15, 0.2) is 0 Å². The normalized spacial score (nSPS) is 11.8. The fraction of sp³-hybridized carbons (Fsp3) is 0.357. The van der Waals surface area contributed by atoms with Gasteiger partial charge in [0.25, 0.3) is 0 Å². The van der Waals surface area contributed by atoms with Crippen LogP contribution in [-0.4, -0.2) is 4.98 Å². The minimum Gasteiger partial charge on any atom is -0.398 e. The molecule has 0 aliphatic carbocycles. The van der Waals surface area contributed by atoms with Crippen molar-refractivity contribution >= 4 is 40.4 Å². The molecule has 0 saturated carbocycles. The van der Waals surface area contributed by atoms with Crippen LogP contribution in [0.15, 0.2) is 28.5 Å². The maximum absolute atomic E-state index is 5.94. The number of thioether (sulfide) groups is 1. The lowest BCUT2D eigenvalue weighted by Crippen LogP contribution is -2.10. The van der Waals surface area contributed by atoms with Gasteiger partial charge in [-0.25, -0.2) is 4.98 Å². The third-order valence-corrected chi connectivity index (χ3v) is 5.22. The first-order chi connectivity index (χ1) is 8.86. The van der Waals surface area contributed by atoms with Gasteiger partial charge in [-0.1, -0.05) is 32.4 Å². The smallest absolute Gasteiger partial charge is 0.0982 e. The zero-order valence-corrected chi connectivity index (χ0v) is 13.6. The topological polar surface area (TPSA) is 38.9 Å². The number of nitrogens with two attached hydrogens (primary N) is 1. The van der Waals surface area contributed by atoms with Gasteiger partial charge in [-0.2, -0.15) is 0 Å². The first kappa shape index (κ1) is 14.7. The zero-order valence-electron chi connectivity index (χ0n) is 11.2. The quantitative estimate of drug-likeness (QED) is 0.642. The fourth-order valence-electron chi connectivity index (χ4n) is 1.52. The van der Waals surface area contributed by atoms with Crippen molar-refractivity contribution < 1.29 is 0 Å². The van der Waals surface area contributed by atoms with Crippen LogP contribution in [0.25, 0.3) is 0 Å². The summed E-state index contributed by atoms with van der Waals surface area (Å²) in [6.07, 6.45) is 0. The van der Waals surface area contributed by atoms with Crippen molar-refractivity contribution in [3.63, 3.8) is 0 Å². The Kier molecular flexibility index (Phi) is 4.43. The van der Waals surface area contributed by atoms with E-state index in [1.165, 1.54) is 5.01 Å². The van der Waals surface area contributed by atoms with Crippen molar-refractivity contribution in [1.82, 2.24) is 4.98 Å². The van der Waals surface area contributed by atoms with E-state index in [1.807, 2.05) is 12.1 Å². The number of rotatable bonds is 3. The summed E-state index contributed by atoms with van der Waals surface area (Å²) in [5.41, 5.74) is 7.89. The Morgan fingerprint density at radius 1 is 1.37 bits per heavy atom. The molecule has 0 aliphatic heterocycles. The van der Waals surface area contributed by atoms with Crippen LogP contribution < -0.4 is 5.73 Å². The minimum atomic E-state index is 0.118. The number of benzene rings is 1. The summed E-state index contributed by atoms with van der Waals surface area (Å²) in [5, 5.41) is 3.97. The largest absolute Gasteiger partial charge is 0.398 e. The SMILES string of the molecule is CC(C)(C)c1nc(CSc2ccc(Cl)cc2N)cs1. The van der Waals surface area contributed by atoms with E-state index in [2.05, 4.69) is 31.1 Å². The Balaban J connectivity index is 2.04. The first-order valence-corrected chi connectivity index (χ1v) is 8.23. The van der Waals surface area contributed by atoms with E-state index < -0.39 is 0 Å². The van der Waals surface area contributed by atoms with E-state index >= 15 is 0 Å². The third kappa shape index (κ3) is 3.88. The van der Waals surface area contributed by atoms with Crippen molar-refractivity contribution in [1.29, 1.82) is 0 Å². The highest BCUT2D eigenvalue weighted by atomic mass is 35.5. The second-order valence-corrected chi connectivity index (χ2v) is 7.68. The van der Waals surface area contributed by atoms with Crippen LogP contribution in [0.4, 0.5) is 5.69 Å². The van der Waals surface area contributed by atoms with E-state index in [1.54, 1.807) is 29.2 Å². The highest BCUT2D eigenvalue weighted by Crippen LogP contribution is 2.32. The highest BCUT2D eigenvalue weighted by molar-refractivity contribution is 7.98. The summed E-state index contributed by atoms with van der Waals surface area (Å²) in [4.78, 5) is 5.73. The Bertz CT molecular complexity index is 573. The molecule has 0 aliphatic rings. The summed E-state index contributed by atoms with van der Waals surface area (Å²) in [7, 11) is 0. The molecule has 2 rings (SSSR count). The maximum Gasteiger partial charge on any atom is 0.0982 e. The van der Waals surface area contributed by atoms with Gasteiger partial charge in [0, 0.05) is 32.2 Å². The lowest BCUT2D eigenvalue weighted by atomic mass is 9.98. The molecule has 102 valence electrons. The Labute approximate surface area is 127 Å². The Hall–Kier alpha value is -0.710. The molecule has 1 aromatic heterocycles. The molecule has 0 saturated heterocycles. The molecule has 19 heavy (non-hydrogen) atoms. The summed E-state index contributed by atoms with van der Waals surface area (Å²) in [5.74, 6) is 0.832. The number of hydrogen-bond acceptors (Lipinski definition) is 4. The van der Waals surface area contributed by atoms with Crippen LogP contribution in [0.1, 0.15) is 31.5 Å². The van der Waals surface area contributed by atoms with Crippen LogP contribution in [0.5, 0.6) is 0 Å². The summed E-state index contributed by atoms with van der Waals surface area (Å²) in [6.45, 7) is 6.54. The van der Waals surface area contributed by atoms with E-state index in [9.17, 15) is 0 Å². The third-order valence-electron chi connectivity index (χ3n) is 2.54. The molecule has 0 radical (unpaired) electrons. The van der Waals surface area contributed by atoms with Crippen molar-refractivity contribution in [2.75, 3.05) is 5.73 Å². The van der Waals surface area contributed by atoms with E-state index in [0.29, 0.717) is 5.02 Å². The van der Waals surface area contributed by atoms with E-state index in [4.69, 9.17) is 17.3 Å². The number of anilines is 1. The lowest BCUT2D eigenvalue weighted by Gasteiger charge is -2.13. The van der Waals surface area contributed by atoms with Gasteiger partial charge in [-0.3, -0.25) is 0 Å². The van der Waals surface area contributed by atoms with Gasteiger partial charge in [0.1, 0.15) is 0 Å². The number of hydrogen-bond donors (Lipinski definition) is 1. The summed E-state index contributed by atoms with van der Waals surface area (Å²) in [6, 6.07) is 5.60. The second-order valence-electron chi connectivity index (χ2n) is 5.36. The van der Waals surface area contributed by atoms with Gasteiger partial charge in [-0.15, -0.1) is 23.1 Å². The number of nitrogen functional groups attached to an aromatic ring is 1. The monoisotopic (exact) mass is 312 g/mol. The lowest BCUT2D eigenvalue weighted by molar-refractivity contribution is 0.584. The minimum absolute atomic E-state index is 0.118. The van der Waals surface area contributed by atoms with Gasteiger partial charge < -0.3 is 5.73 Å². The van der Waals surface area contributed by atoms with Crippen molar-refractivity contribution in [2.45, 2.75) is 36.8 Å².